The first-order valence-corrected chi connectivity index (χ1v) is 8.05. The molecule has 3 rings (SSSR count). The summed E-state index contributed by atoms with van der Waals surface area (Å²) >= 11 is 0. The van der Waals surface area contributed by atoms with Crippen molar-refractivity contribution in [3.8, 4) is 17.6 Å². The van der Waals surface area contributed by atoms with E-state index in [1.165, 1.54) is 0 Å². The van der Waals surface area contributed by atoms with Crippen LogP contribution < -0.4 is 10.1 Å². The zero-order valence-electron chi connectivity index (χ0n) is 14.2. The van der Waals surface area contributed by atoms with Crippen LogP contribution in [0.15, 0.2) is 61.1 Å². The Hall–Kier alpha value is -3.66. The van der Waals surface area contributed by atoms with Crippen LogP contribution in [0, 0.1) is 11.3 Å². The van der Waals surface area contributed by atoms with E-state index in [0.717, 1.165) is 5.56 Å². The molecule has 7 heteroatoms. The lowest BCUT2D eigenvalue weighted by molar-refractivity contribution is -0.127. The maximum absolute atomic E-state index is 12.3. The van der Waals surface area contributed by atoms with Gasteiger partial charge in [-0.05, 0) is 48.9 Å². The van der Waals surface area contributed by atoms with Gasteiger partial charge in [0.15, 0.2) is 11.9 Å². The van der Waals surface area contributed by atoms with Gasteiger partial charge in [-0.25, -0.2) is 9.67 Å². The molecule has 3 aromatic rings. The highest BCUT2D eigenvalue weighted by Crippen LogP contribution is 2.14. The van der Waals surface area contributed by atoms with Gasteiger partial charge in [-0.15, -0.1) is 0 Å². The SMILES string of the molecule is CC(Oc1cccc(C#N)c1)C(=O)NCc1ccnc(-n2cccn2)c1. The zero-order valence-corrected chi connectivity index (χ0v) is 14.2. The van der Waals surface area contributed by atoms with Crippen LogP contribution in [0.5, 0.6) is 5.75 Å². The van der Waals surface area contributed by atoms with Crippen molar-refractivity contribution in [2.75, 3.05) is 0 Å². The number of carbonyl (C=O) groups is 1. The van der Waals surface area contributed by atoms with Crippen molar-refractivity contribution in [1.82, 2.24) is 20.1 Å². The summed E-state index contributed by atoms with van der Waals surface area (Å²) in [5.74, 6) is 0.917. The minimum Gasteiger partial charge on any atom is -0.481 e. The predicted octanol–water partition coefficient (Wildman–Crippen LogP) is 2.22. The molecular formula is C19H17N5O2. The molecule has 0 radical (unpaired) electrons. The van der Waals surface area contributed by atoms with Crippen LogP contribution >= 0.6 is 0 Å². The lowest BCUT2D eigenvalue weighted by atomic mass is 10.2. The summed E-state index contributed by atoms with van der Waals surface area (Å²) in [5.41, 5.74) is 1.38. The van der Waals surface area contributed by atoms with Crippen LogP contribution in [0.2, 0.25) is 0 Å². The van der Waals surface area contributed by atoms with Gasteiger partial charge in [0.05, 0.1) is 11.6 Å². The van der Waals surface area contributed by atoms with Crippen LogP contribution in [0.1, 0.15) is 18.1 Å². The third-order valence-corrected chi connectivity index (χ3v) is 3.66. The van der Waals surface area contributed by atoms with Crippen molar-refractivity contribution in [2.24, 2.45) is 0 Å². The molecule has 1 aromatic carbocycles. The number of nitriles is 1. The monoisotopic (exact) mass is 347 g/mol. The second-order valence-corrected chi connectivity index (χ2v) is 5.59. The summed E-state index contributed by atoms with van der Waals surface area (Å²) < 4.78 is 7.25. The Balaban J connectivity index is 1.58. The van der Waals surface area contributed by atoms with E-state index in [1.807, 2.05) is 24.3 Å². The summed E-state index contributed by atoms with van der Waals surface area (Å²) in [7, 11) is 0. The lowest BCUT2D eigenvalue weighted by Crippen LogP contribution is -2.35. The number of aromatic nitrogens is 3. The van der Waals surface area contributed by atoms with E-state index in [1.54, 1.807) is 54.5 Å². The Morgan fingerprint density at radius 3 is 2.96 bits per heavy atom. The van der Waals surface area contributed by atoms with Crippen molar-refractivity contribution >= 4 is 5.91 Å². The molecule has 1 atom stereocenters. The van der Waals surface area contributed by atoms with Crippen LogP contribution in [0.4, 0.5) is 0 Å². The third kappa shape index (κ3) is 4.24. The topological polar surface area (TPSA) is 92.8 Å². The Morgan fingerprint density at radius 1 is 1.31 bits per heavy atom. The molecule has 130 valence electrons. The van der Waals surface area contributed by atoms with E-state index in [2.05, 4.69) is 15.4 Å². The van der Waals surface area contributed by atoms with E-state index in [9.17, 15) is 4.79 Å². The molecule has 0 aliphatic rings. The number of hydrogen-bond donors (Lipinski definition) is 1. The van der Waals surface area contributed by atoms with Crippen molar-refractivity contribution in [1.29, 1.82) is 5.26 Å². The summed E-state index contributed by atoms with van der Waals surface area (Å²) in [5, 5.41) is 15.9. The molecule has 2 aromatic heterocycles. The van der Waals surface area contributed by atoms with Gasteiger partial charge < -0.3 is 10.1 Å². The number of rotatable bonds is 6. The zero-order chi connectivity index (χ0) is 18.4. The quantitative estimate of drug-likeness (QED) is 0.738. The number of nitrogens with one attached hydrogen (secondary N) is 1. The first-order chi connectivity index (χ1) is 12.7. The van der Waals surface area contributed by atoms with E-state index >= 15 is 0 Å². The molecule has 0 aliphatic heterocycles. The largest absolute Gasteiger partial charge is 0.481 e. The Morgan fingerprint density at radius 2 is 2.19 bits per heavy atom. The van der Waals surface area contributed by atoms with Gasteiger partial charge >= 0.3 is 0 Å². The second kappa shape index (κ2) is 7.94. The fourth-order valence-electron chi connectivity index (χ4n) is 2.33. The number of hydrogen-bond acceptors (Lipinski definition) is 5. The number of pyridine rings is 1. The maximum Gasteiger partial charge on any atom is 0.261 e. The van der Waals surface area contributed by atoms with Crippen molar-refractivity contribution < 1.29 is 9.53 Å². The number of carbonyl (C=O) groups excluding carboxylic acids is 1. The van der Waals surface area contributed by atoms with Crippen molar-refractivity contribution in [3.63, 3.8) is 0 Å². The molecular weight excluding hydrogens is 330 g/mol. The average molecular weight is 347 g/mol. The molecule has 7 nitrogen and oxygen atoms in total. The number of benzene rings is 1. The first kappa shape index (κ1) is 17.2. The Labute approximate surface area is 150 Å². The van der Waals surface area contributed by atoms with Crippen LogP contribution in [-0.4, -0.2) is 26.8 Å². The molecule has 0 saturated heterocycles. The smallest absolute Gasteiger partial charge is 0.261 e. The van der Waals surface area contributed by atoms with Crippen LogP contribution in [0.25, 0.3) is 5.82 Å². The van der Waals surface area contributed by atoms with E-state index in [4.69, 9.17) is 10.00 Å². The van der Waals surface area contributed by atoms with Gasteiger partial charge in [0, 0.05) is 25.1 Å². The lowest BCUT2D eigenvalue weighted by Gasteiger charge is -2.15. The van der Waals surface area contributed by atoms with Crippen LogP contribution in [-0.2, 0) is 11.3 Å². The van der Waals surface area contributed by atoms with Crippen LogP contribution in [0.3, 0.4) is 0 Å². The fourth-order valence-corrected chi connectivity index (χ4v) is 2.33. The summed E-state index contributed by atoms with van der Waals surface area (Å²) in [6, 6.07) is 14.2. The van der Waals surface area contributed by atoms with E-state index in [0.29, 0.717) is 23.7 Å². The van der Waals surface area contributed by atoms with Gasteiger partial charge in [-0.3, -0.25) is 4.79 Å². The van der Waals surface area contributed by atoms with Gasteiger partial charge in [0.2, 0.25) is 0 Å². The van der Waals surface area contributed by atoms with E-state index in [-0.39, 0.29) is 5.91 Å². The molecule has 0 saturated carbocycles. The maximum atomic E-state index is 12.3. The number of nitrogens with zero attached hydrogens (tertiary/aromatic N) is 4. The molecule has 2 heterocycles. The highest BCUT2D eigenvalue weighted by molar-refractivity contribution is 5.80. The minimum atomic E-state index is -0.684. The van der Waals surface area contributed by atoms with Gasteiger partial charge in [0.25, 0.3) is 5.91 Å². The Kier molecular flexibility index (Phi) is 5.25. The van der Waals surface area contributed by atoms with Crippen molar-refractivity contribution in [2.45, 2.75) is 19.6 Å². The van der Waals surface area contributed by atoms with Gasteiger partial charge in [-0.1, -0.05) is 6.07 Å². The number of amides is 1. The fraction of sp³-hybridized carbons (Fsp3) is 0.158. The summed E-state index contributed by atoms with van der Waals surface area (Å²) in [4.78, 5) is 16.5. The first-order valence-electron chi connectivity index (χ1n) is 8.05. The molecule has 0 fully saturated rings. The molecule has 1 unspecified atom stereocenters. The number of ether oxygens (including phenoxy) is 1. The highest BCUT2D eigenvalue weighted by Gasteiger charge is 2.14. The summed E-state index contributed by atoms with van der Waals surface area (Å²) in [6.07, 6.45) is 4.47. The summed E-state index contributed by atoms with van der Waals surface area (Å²) in [6.45, 7) is 2.01. The standard InChI is InChI=1S/C19H17N5O2/c1-14(26-17-5-2-4-15(10-17)12-20)19(25)22-13-16-6-8-21-18(11-16)24-9-3-7-23-24/h2-11,14H,13H2,1H3,(H,22,25). The van der Waals surface area contributed by atoms with Gasteiger partial charge in [-0.2, -0.15) is 10.4 Å². The molecule has 26 heavy (non-hydrogen) atoms. The Bertz CT molecular complexity index is 931. The molecule has 1 N–H and O–H groups in total. The molecule has 0 aliphatic carbocycles. The predicted molar refractivity (Wildman–Crippen MR) is 94.5 cm³/mol. The third-order valence-electron chi connectivity index (χ3n) is 3.66. The van der Waals surface area contributed by atoms with Crippen molar-refractivity contribution in [3.05, 3.63) is 72.2 Å². The molecule has 0 spiro atoms. The van der Waals surface area contributed by atoms with Gasteiger partial charge in [0.1, 0.15) is 5.75 Å². The normalized spacial score (nSPS) is 11.4. The molecule has 1 amide bonds. The average Bonchev–Trinajstić information content (AvgIpc) is 3.21. The molecule has 0 bridgehead atoms. The minimum absolute atomic E-state index is 0.246. The second-order valence-electron chi connectivity index (χ2n) is 5.59. The van der Waals surface area contributed by atoms with E-state index < -0.39 is 6.10 Å². The highest BCUT2D eigenvalue weighted by atomic mass is 16.5.